The predicted octanol–water partition coefficient (Wildman–Crippen LogP) is 6.12. The van der Waals surface area contributed by atoms with Gasteiger partial charge in [0.1, 0.15) is 5.75 Å². The molecular weight excluding hydrogens is 320 g/mol. The van der Waals surface area contributed by atoms with Crippen LogP contribution in [0, 0.1) is 17.8 Å². The molecule has 0 aliphatic heterocycles. The number of ether oxygens (including phenoxy) is 1. The fraction of sp³-hybridized carbons (Fsp3) is 0.739. The summed E-state index contributed by atoms with van der Waals surface area (Å²) in [6.45, 7) is 4.64. The molecule has 3 rings (SSSR count). The predicted molar refractivity (Wildman–Crippen MR) is 111 cm³/mol. The third-order valence-corrected chi connectivity index (χ3v) is 7.46. The Labute approximate surface area is 157 Å². The van der Waals surface area contributed by atoms with Crippen molar-refractivity contribution in [2.45, 2.75) is 83.6 Å². The second-order valence-electron chi connectivity index (χ2n) is 8.60. The standard InChI is InChI=1S/C23H38OSi/c1-3-4-18-5-7-19(8-6-18)20-9-11-21(12-10-20)22-13-15-23(16-14-22)24-17-25-2/h13-16,18-21H,3-12,17,25H2,1-2H3/t18-,19-,20?,21?. The maximum Gasteiger partial charge on any atom is 0.118 e. The zero-order chi connectivity index (χ0) is 17.5. The molecule has 0 unspecified atom stereocenters. The van der Waals surface area contributed by atoms with E-state index < -0.39 is 0 Å². The Kier molecular flexibility index (Phi) is 7.45. The van der Waals surface area contributed by atoms with Gasteiger partial charge in [-0.15, -0.1) is 0 Å². The van der Waals surface area contributed by atoms with Crippen molar-refractivity contribution in [1.29, 1.82) is 0 Å². The van der Waals surface area contributed by atoms with Gasteiger partial charge in [-0.2, -0.15) is 0 Å². The van der Waals surface area contributed by atoms with Crippen LogP contribution in [0.1, 0.15) is 82.6 Å². The minimum absolute atomic E-state index is 0.00339. The van der Waals surface area contributed by atoms with Crippen molar-refractivity contribution in [3.63, 3.8) is 0 Å². The number of hydrogen-bond acceptors (Lipinski definition) is 1. The number of rotatable bonds is 7. The van der Waals surface area contributed by atoms with E-state index in [9.17, 15) is 0 Å². The van der Waals surface area contributed by atoms with Crippen LogP contribution in [0.4, 0.5) is 0 Å². The van der Waals surface area contributed by atoms with Gasteiger partial charge in [0, 0.05) is 0 Å². The van der Waals surface area contributed by atoms with Crippen molar-refractivity contribution < 1.29 is 4.74 Å². The lowest BCUT2D eigenvalue weighted by atomic mass is 9.68. The molecule has 1 nitrogen and oxygen atoms in total. The van der Waals surface area contributed by atoms with Gasteiger partial charge in [0.25, 0.3) is 0 Å². The molecule has 0 amide bonds. The summed E-state index contributed by atoms with van der Waals surface area (Å²) >= 11 is 0. The van der Waals surface area contributed by atoms with E-state index in [0.717, 1.165) is 35.7 Å². The fourth-order valence-electron chi connectivity index (χ4n) is 5.34. The lowest BCUT2D eigenvalue weighted by Crippen LogP contribution is -2.25. The molecule has 2 aliphatic rings. The molecule has 1 aromatic rings. The molecule has 140 valence electrons. The van der Waals surface area contributed by atoms with Gasteiger partial charge in [0.05, 0.1) is 15.7 Å². The van der Waals surface area contributed by atoms with Crippen molar-refractivity contribution in [2.75, 3.05) is 6.23 Å². The van der Waals surface area contributed by atoms with E-state index in [0.29, 0.717) is 0 Å². The first-order chi connectivity index (χ1) is 12.3. The normalized spacial score (nSPS) is 30.6. The Morgan fingerprint density at radius 1 is 0.880 bits per heavy atom. The van der Waals surface area contributed by atoms with Gasteiger partial charge >= 0.3 is 0 Å². The third-order valence-electron chi connectivity index (χ3n) is 6.85. The van der Waals surface area contributed by atoms with Crippen LogP contribution in [0.15, 0.2) is 24.3 Å². The highest BCUT2D eigenvalue weighted by molar-refractivity contribution is 6.33. The lowest BCUT2D eigenvalue weighted by Gasteiger charge is -2.38. The van der Waals surface area contributed by atoms with Gasteiger partial charge in [-0.3, -0.25) is 0 Å². The van der Waals surface area contributed by atoms with E-state index in [1.165, 1.54) is 64.2 Å². The summed E-state index contributed by atoms with van der Waals surface area (Å²) in [4.78, 5) is 0. The fourth-order valence-corrected chi connectivity index (χ4v) is 5.78. The minimum Gasteiger partial charge on any atom is -0.498 e. The Morgan fingerprint density at radius 3 is 2.04 bits per heavy atom. The van der Waals surface area contributed by atoms with Crippen LogP contribution in [0.5, 0.6) is 5.75 Å². The second-order valence-corrected chi connectivity index (χ2v) is 10.0. The average molecular weight is 359 g/mol. The zero-order valence-corrected chi connectivity index (χ0v) is 17.9. The number of hydrogen-bond donors (Lipinski definition) is 0. The molecular formula is C23H38OSi. The highest BCUT2D eigenvalue weighted by atomic mass is 28.2. The molecule has 2 aliphatic carbocycles. The lowest BCUT2D eigenvalue weighted by molar-refractivity contribution is 0.156. The second kappa shape index (κ2) is 9.80. The highest BCUT2D eigenvalue weighted by Crippen LogP contribution is 2.44. The molecule has 0 saturated heterocycles. The summed E-state index contributed by atoms with van der Waals surface area (Å²) in [6.07, 6.45) is 15.6. The van der Waals surface area contributed by atoms with Crippen molar-refractivity contribution in [3.05, 3.63) is 29.8 Å². The van der Waals surface area contributed by atoms with Gasteiger partial charge in [-0.05, 0) is 79.9 Å². The highest BCUT2D eigenvalue weighted by Gasteiger charge is 2.31. The molecule has 2 saturated carbocycles. The van der Waals surface area contributed by atoms with Crippen LogP contribution in [-0.4, -0.2) is 15.7 Å². The molecule has 0 aromatic heterocycles. The summed E-state index contributed by atoms with van der Waals surface area (Å²) < 4.78 is 5.78. The van der Waals surface area contributed by atoms with Crippen LogP contribution in [-0.2, 0) is 0 Å². The summed E-state index contributed by atoms with van der Waals surface area (Å²) in [7, 11) is -0.00339. The van der Waals surface area contributed by atoms with Gasteiger partial charge in [0.2, 0.25) is 0 Å². The molecule has 0 spiro atoms. The van der Waals surface area contributed by atoms with Crippen LogP contribution in [0.25, 0.3) is 0 Å². The van der Waals surface area contributed by atoms with Crippen LogP contribution in [0.3, 0.4) is 0 Å². The van der Waals surface area contributed by atoms with Crippen molar-refractivity contribution in [1.82, 2.24) is 0 Å². The van der Waals surface area contributed by atoms with Gasteiger partial charge < -0.3 is 4.74 Å². The molecule has 2 fully saturated rings. The Bertz CT molecular complexity index is 481. The summed E-state index contributed by atoms with van der Waals surface area (Å²) in [5.74, 6) is 4.98. The van der Waals surface area contributed by atoms with E-state index in [2.05, 4.69) is 37.7 Å². The molecule has 0 heterocycles. The molecule has 1 aromatic carbocycles. The maximum absolute atomic E-state index is 5.78. The van der Waals surface area contributed by atoms with Gasteiger partial charge in [-0.1, -0.05) is 51.3 Å². The van der Waals surface area contributed by atoms with E-state index in [-0.39, 0.29) is 9.52 Å². The van der Waals surface area contributed by atoms with Gasteiger partial charge in [-0.25, -0.2) is 0 Å². The smallest absolute Gasteiger partial charge is 0.118 e. The third kappa shape index (κ3) is 5.36. The van der Waals surface area contributed by atoms with Crippen LogP contribution >= 0.6 is 0 Å². The molecule has 0 atom stereocenters. The first kappa shape index (κ1) is 19.0. The van der Waals surface area contributed by atoms with E-state index in [1.54, 1.807) is 5.56 Å². The molecule has 0 N–H and O–H groups in total. The quantitative estimate of drug-likeness (QED) is 0.533. The van der Waals surface area contributed by atoms with Crippen LogP contribution < -0.4 is 4.74 Å². The minimum atomic E-state index is -0.00339. The largest absolute Gasteiger partial charge is 0.498 e. The van der Waals surface area contributed by atoms with Gasteiger partial charge in [0.15, 0.2) is 0 Å². The zero-order valence-electron chi connectivity index (χ0n) is 16.5. The van der Waals surface area contributed by atoms with Crippen molar-refractivity contribution >= 4 is 9.52 Å². The first-order valence-corrected chi connectivity index (χ1v) is 13.4. The Morgan fingerprint density at radius 2 is 1.48 bits per heavy atom. The van der Waals surface area contributed by atoms with Crippen molar-refractivity contribution in [2.24, 2.45) is 17.8 Å². The topological polar surface area (TPSA) is 9.23 Å². The first-order valence-electron chi connectivity index (χ1n) is 11.0. The SMILES string of the molecule is CCC[C@H]1CC[C@H](C2CCC(c3ccc(OC[SiH2]C)cc3)CC2)CC1. The molecule has 25 heavy (non-hydrogen) atoms. The molecule has 0 bridgehead atoms. The summed E-state index contributed by atoms with van der Waals surface area (Å²) in [6, 6.07) is 9.04. The van der Waals surface area contributed by atoms with Crippen LogP contribution in [0.2, 0.25) is 6.55 Å². The van der Waals surface area contributed by atoms with E-state index >= 15 is 0 Å². The monoisotopic (exact) mass is 358 g/mol. The number of benzene rings is 1. The molecule has 0 radical (unpaired) electrons. The average Bonchev–Trinajstić information content (AvgIpc) is 2.68. The molecule has 2 heteroatoms. The van der Waals surface area contributed by atoms with E-state index in [1.807, 2.05) is 0 Å². The Balaban J connectivity index is 1.44. The Hall–Kier alpha value is -0.763. The van der Waals surface area contributed by atoms with E-state index in [4.69, 9.17) is 4.74 Å². The van der Waals surface area contributed by atoms with Crippen molar-refractivity contribution in [3.8, 4) is 5.75 Å². The summed E-state index contributed by atoms with van der Waals surface area (Å²) in [5.41, 5.74) is 1.55. The maximum atomic E-state index is 5.78. The summed E-state index contributed by atoms with van der Waals surface area (Å²) in [5, 5.41) is 0.